The van der Waals surface area contributed by atoms with Gasteiger partial charge in [0.05, 0.1) is 35.0 Å². The molecular weight excluding hydrogens is 445 g/mol. The lowest BCUT2D eigenvalue weighted by Crippen LogP contribution is -2.21. The molecule has 0 saturated heterocycles. The summed E-state index contributed by atoms with van der Waals surface area (Å²) in [6.45, 7) is 3.92. The minimum Gasteiger partial charge on any atom is -0.322 e. The molecule has 2 aromatic carbocycles. The minimum absolute atomic E-state index is 0.0835. The fraction of sp³-hybridized carbons (Fsp3) is 0.115. The van der Waals surface area contributed by atoms with Crippen molar-refractivity contribution in [2.45, 2.75) is 20.4 Å². The lowest BCUT2D eigenvalue weighted by molar-refractivity contribution is 0.596. The van der Waals surface area contributed by atoms with Crippen molar-refractivity contribution in [3.63, 3.8) is 0 Å². The van der Waals surface area contributed by atoms with E-state index in [9.17, 15) is 4.79 Å². The summed E-state index contributed by atoms with van der Waals surface area (Å²) < 4.78 is 16.6. The smallest absolute Gasteiger partial charge is 0.261 e. The maximum absolute atomic E-state index is 15.2. The van der Waals surface area contributed by atoms with Crippen molar-refractivity contribution >= 4 is 22.1 Å². The molecule has 0 saturated carbocycles. The number of aromatic amines is 2. The van der Waals surface area contributed by atoms with E-state index in [1.54, 1.807) is 30.5 Å². The van der Waals surface area contributed by atoms with Gasteiger partial charge in [0.1, 0.15) is 17.2 Å². The molecular formula is C26H20FN7O. The van der Waals surface area contributed by atoms with Gasteiger partial charge in [-0.15, -0.1) is 0 Å². The highest BCUT2D eigenvalue weighted by Crippen LogP contribution is 2.31. The number of pyridine rings is 1. The van der Waals surface area contributed by atoms with Crippen molar-refractivity contribution in [2.75, 3.05) is 0 Å². The van der Waals surface area contributed by atoms with Crippen LogP contribution in [0.2, 0.25) is 0 Å². The molecule has 6 rings (SSSR count). The van der Waals surface area contributed by atoms with Crippen LogP contribution in [0.25, 0.3) is 44.6 Å². The van der Waals surface area contributed by atoms with Gasteiger partial charge in [0.2, 0.25) is 0 Å². The third-order valence-electron chi connectivity index (χ3n) is 6.19. The van der Waals surface area contributed by atoms with Gasteiger partial charge < -0.3 is 4.98 Å². The van der Waals surface area contributed by atoms with Crippen LogP contribution in [0.4, 0.5) is 4.39 Å². The highest BCUT2D eigenvalue weighted by molar-refractivity contribution is 5.91. The number of nitrogens with zero attached hydrogens (tertiary/aromatic N) is 5. The largest absolute Gasteiger partial charge is 0.322 e. The van der Waals surface area contributed by atoms with Crippen molar-refractivity contribution in [3.8, 4) is 22.5 Å². The van der Waals surface area contributed by atoms with E-state index in [4.69, 9.17) is 4.98 Å². The normalized spacial score (nSPS) is 11.5. The lowest BCUT2D eigenvalue weighted by atomic mass is 10.0. The van der Waals surface area contributed by atoms with Crippen LogP contribution in [0.5, 0.6) is 0 Å². The monoisotopic (exact) mass is 465 g/mol. The fourth-order valence-electron chi connectivity index (χ4n) is 4.41. The van der Waals surface area contributed by atoms with Crippen molar-refractivity contribution in [2.24, 2.45) is 0 Å². The van der Waals surface area contributed by atoms with Crippen molar-refractivity contribution in [1.29, 1.82) is 0 Å². The Bertz CT molecular complexity index is 1780. The molecule has 0 spiro atoms. The van der Waals surface area contributed by atoms with Gasteiger partial charge in [-0.25, -0.2) is 19.3 Å². The SMILES string of the molecule is Cc1n[nH]c(C)c1-c1nc2c(-c3ccc(Cn4cnc5ccccc5c4=O)c(F)c3)ccnc2[nH]1. The second-order valence-corrected chi connectivity index (χ2v) is 8.45. The summed E-state index contributed by atoms with van der Waals surface area (Å²) in [5, 5.41) is 7.71. The maximum Gasteiger partial charge on any atom is 0.261 e. The summed E-state index contributed by atoms with van der Waals surface area (Å²) in [5.41, 5.74) is 6.10. The molecule has 0 aliphatic carbocycles. The van der Waals surface area contributed by atoms with E-state index >= 15 is 4.39 Å². The first-order valence-electron chi connectivity index (χ1n) is 11.1. The molecule has 0 amide bonds. The Balaban J connectivity index is 1.38. The average Bonchev–Trinajstić information content (AvgIpc) is 3.44. The fourth-order valence-corrected chi connectivity index (χ4v) is 4.41. The van der Waals surface area contributed by atoms with E-state index in [1.165, 1.54) is 17.0 Å². The van der Waals surface area contributed by atoms with Crippen molar-refractivity contribution in [1.82, 2.24) is 34.7 Å². The summed E-state index contributed by atoms with van der Waals surface area (Å²) >= 11 is 0. The minimum atomic E-state index is -0.412. The van der Waals surface area contributed by atoms with E-state index in [-0.39, 0.29) is 12.1 Å². The molecule has 4 aromatic heterocycles. The second kappa shape index (κ2) is 7.98. The van der Waals surface area contributed by atoms with Crippen LogP contribution < -0.4 is 5.56 Å². The van der Waals surface area contributed by atoms with Gasteiger partial charge in [0, 0.05) is 23.0 Å². The van der Waals surface area contributed by atoms with Gasteiger partial charge >= 0.3 is 0 Å². The van der Waals surface area contributed by atoms with Crippen LogP contribution in [0.1, 0.15) is 17.0 Å². The molecule has 35 heavy (non-hydrogen) atoms. The second-order valence-electron chi connectivity index (χ2n) is 8.45. The van der Waals surface area contributed by atoms with Crippen LogP contribution in [0, 0.1) is 19.7 Å². The van der Waals surface area contributed by atoms with Gasteiger partial charge in [-0.2, -0.15) is 5.10 Å². The number of nitrogens with one attached hydrogen (secondary N) is 2. The summed E-state index contributed by atoms with van der Waals surface area (Å²) in [7, 11) is 0. The Kier molecular flexibility index (Phi) is 4.77. The quantitative estimate of drug-likeness (QED) is 0.398. The molecule has 0 atom stereocenters. The Morgan fingerprint density at radius 2 is 1.91 bits per heavy atom. The van der Waals surface area contributed by atoms with Crippen LogP contribution in [-0.2, 0) is 6.54 Å². The molecule has 0 unspecified atom stereocenters. The molecule has 0 radical (unpaired) electrons. The number of halogens is 1. The number of H-pyrrole nitrogens is 2. The summed E-state index contributed by atoms with van der Waals surface area (Å²) in [6, 6.07) is 13.9. The molecule has 0 aliphatic heterocycles. The van der Waals surface area contributed by atoms with Crippen molar-refractivity contribution < 1.29 is 4.39 Å². The number of aryl methyl sites for hydroxylation is 2. The molecule has 172 valence electrons. The van der Waals surface area contributed by atoms with Crippen LogP contribution >= 0.6 is 0 Å². The summed E-state index contributed by atoms with van der Waals surface area (Å²) in [5.74, 6) is 0.244. The highest BCUT2D eigenvalue weighted by Gasteiger charge is 2.17. The van der Waals surface area contributed by atoms with Gasteiger partial charge in [-0.1, -0.05) is 24.3 Å². The molecule has 4 heterocycles. The third-order valence-corrected chi connectivity index (χ3v) is 6.19. The number of benzene rings is 2. The number of imidazole rings is 1. The summed E-state index contributed by atoms with van der Waals surface area (Å²) in [4.78, 5) is 29.5. The summed E-state index contributed by atoms with van der Waals surface area (Å²) in [6.07, 6.45) is 3.12. The number of para-hydroxylation sites is 1. The van der Waals surface area contributed by atoms with Crippen LogP contribution in [0.3, 0.4) is 0 Å². The zero-order valence-corrected chi connectivity index (χ0v) is 19.0. The molecule has 0 fully saturated rings. The Morgan fingerprint density at radius 1 is 1.06 bits per heavy atom. The number of hydrogen-bond acceptors (Lipinski definition) is 5. The van der Waals surface area contributed by atoms with E-state index in [0.29, 0.717) is 39.0 Å². The van der Waals surface area contributed by atoms with Gasteiger partial charge in [-0.05, 0) is 43.7 Å². The number of rotatable bonds is 4. The van der Waals surface area contributed by atoms with Gasteiger partial charge in [0.15, 0.2) is 5.65 Å². The van der Waals surface area contributed by atoms with E-state index < -0.39 is 5.82 Å². The molecule has 0 bridgehead atoms. The zero-order valence-electron chi connectivity index (χ0n) is 19.0. The Labute approximate surface area is 198 Å². The third kappa shape index (κ3) is 3.48. The molecule has 9 heteroatoms. The first-order valence-corrected chi connectivity index (χ1v) is 11.1. The Hall–Kier alpha value is -4.66. The van der Waals surface area contributed by atoms with Crippen molar-refractivity contribution in [3.05, 3.63) is 94.2 Å². The van der Waals surface area contributed by atoms with Gasteiger partial charge in [-0.3, -0.25) is 14.5 Å². The maximum atomic E-state index is 15.2. The predicted molar refractivity (Wildman–Crippen MR) is 131 cm³/mol. The van der Waals surface area contributed by atoms with E-state index in [2.05, 4.69) is 25.1 Å². The molecule has 2 N–H and O–H groups in total. The van der Waals surface area contributed by atoms with Crippen LogP contribution in [-0.4, -0.2) is 34.7 Å². The molecule has 8 nitrogen and oxygen atoms in total. The average molecular weight is 465 g/mol. The molecule has 0 aliphatic rings. The van der Waals surface area contributed by atoms with Crippen LogP contribution in [0.15, 0.2) is 65.8 Å². The first kappa shape index (κ1) is 20.9. The van der Waals surface area contributed by atoms with Gasteiger partial charge in [0.25, 0.3) is 5.56 Å². The molecule has 6 aromatic rings. The predicted octanol–water partition coefficient (Wildman–Crippen LogP) is 4.53. The lowest BCUT2D eigenvalue weighted by Gasteiger charge is -2.09. The van der Waals surface area contributed by atoms with E-state index in [0.717, 1.165) is 22.5 Å². The Morgan fingerprint density at radius 3 is 2.71 bits per heavy atom. The number of fused-ring (bicyclic) bond motifs is 2. The highest BCUT2D eigenvalue weighted by atomic mass is 19.1. The number of hydrogen-bond donors (Lipinski definition) is 2. The zero-order chi connectivity index (χ0) is 24.1. The number of aromatic nitrogens is 7. The first-order chi connectivity index (χ1) is 17.0. The topological polar surface area (TPSA) is 105 Å². The standard InChI is InChI=1S/C26H20FN7O/c1-14-22(15(2)33-32-14)24-30-23-18(9-10-28-25(23)31-24)16-7-8-17(20(27)11-16)12-34-13-29-21-6-4-3-5-19(21)26(34)35/h3-11,13H,12H2,1-2H3,(H,32,33)(H,28,30,31). The van der Waals surface area contributed by atoms with E-state index in [1.807, 2.05) is 32.0 Å².